The topological polar surface area (TPSA) is 172 Å². The smallest absolute Gasteiger partial charge is 0.323 e. The highest BCUT2D eigenvalue weighted by Crippen LogP contribution is 2.42. The number of aromatic nitrogens is 3. The maximum Gasteiger partial charge on any atom is 0.323 e. The Morgan fingerprint density at radius 1 is 1.15 bits per heavy atom. The Bertz CT molecular complexity index is 2560. The fourth-order valence-corrected chi connectivity index (χ4v) is 11.7. The molecular formula is C50H69N9O7SSi. The number of hydrogen-bond donors (Lipinski definition) is 2. The third kappa shape index (κ3) is 10.1. The number of esters is 1. The van der Waals surface area contributed by atoms with Gasteiger partial charge in [0.25, 0.3) is 5.91 Å². The zero-order chi connectivity index (χ0) is 49.2. The van der Waals surface area contributed by atoms with Gasteiger partial charge in [-0.05, 0) is 81.4 Å². The van der Waals surface area contributed by atoms with Crippen LogP contribution in [-0.4, -0.2) is 144 Å². The van der Waals surface area contributed by atoms with E-state index in [9.17, 15) is 24.0 Å². The minimum atomic E-state index is -1.10. The van der Waals surface area contributed by atoms with Gasteiger partial charge in [0.15, 0.2) is 0 Å². The van der Waals surface area contributed by atoms with E-state index in [4.69, 9.17) is 19.4 Å². The summed E-state index contributed by atoms with van der Waals surface area (Å²) in [6, 6.07) is 7.88. The molecule has 68 heavy (non-hydrogen) atoms. The van der Waals surface area contributed by atoms with Crippen LogP contribution in [0.25, 0.3) is 33.4 Å². The largest absolute Gasteiger partial charge is 0.464 e. The van der Waals surface area contributed by atoms with Crippen molar-refractivity contribution in [1.82, 2.24) is 45.0 Å². The highest BCUT2D eigenvalue weighted by molar-refractivity contribution is 7.10. The summed E-state index contributed by atoms with van der Waals surface area (Å²) in [7, 11) is 3.64. The van der Waals surface area contributed by atoms with Crippen LogP contribution in [0.2, 0.25) is 0 Å². The number of methoxy groups -OCH3 is 1. The number of aryl methyl sites for hydroxylation is 1. The highest BCUT2D eigenvalue weighted by Gasteiger charge is 2.44. The molecule has 3 aromatic heterocycles. The monoisotopic (exact) mass is 967 g/mol. The molecule has 0 spiro atoms. The summed E-state index contributed by atoms with van der Waals surface area (Å²) >= 11 is 1.41. The number of carbonyl (C=O) groups is 5. The van der Waals surface area contributed by atoms with Gasteiger partial charge in [-0.3, -0.25) is 29.2 Å². The second kappa shape index (κ2) is 20.7. The van der Waals surface area contributed by atoms with Gasteiger partial charge in [-0.1, -0.05) is 47.3 Å². The van der Waals surface area contributed by atoms with Gasteiger partial charge < -0.3 is 34.1 Å². The third-order valence-corrected chi connectivity index (χ3v) is 15.9. The maximum atomic E-state index is 14.8. The predicted octanol–water partition coefficient (Wildman–Crippen LogP) is 5.08. The van der Waals surface area contributed by atoms with Gasteiger partial charge in [0, 0.05) is 109 Å². The fraction of sp³-hybridized carbons (Fsp3) is 0.540. The molecule has 2 saturated heterocycles. The third-order valence-electron chi connectivity index (χ3n) is 13.9. The van der Waals surface area contributed by atoms with Crippen molar-refractivity contribution in [2.45, 2.75) is 117 Å². The van der Waals surface area contributed by atoms with Gasteiger partial charge in [0.2, 0.25) is 11.8 Å². The summed E-state index contributed by atoms with van der Waals surface area (Å²) in [5.41, 5.74) is 9.42. The zero-order valence-electron chi connectivity index (χ0n) is 41.4. The Morgan fingerprint density at radius 3 is 2.60 bits per heavy atom. The van der Waals surface area contributed by atoms with Crippen molar-refractivity contribution in [3.05, 3.63) is 70.8 Å². The van der Waals surface area contributed by atoms with Crippen molar-refractivity contribution in [2.75, 3.05) is 46.9 Å². The van der Waals surface area contributed by atoms with Crippen LogP contribution < -0.4 is 10.7 Å². The number of fused-ring (bicyclic) bond motifs is 6. The number of benzene rings is 1. The molecular weight excluding hydrogens is 899 g/mol. The van der Waals surface area contributed by atoms with Crippen molar-refractivity contribution < 1.29 is 33.4 Å². The van der Waals surface area contributed by atoms with E-state index in [1.807, 2.05) is 39.1 Å². The van der Waals surface area contributed by atoms with E-state index in [1.54, 1.807) is 30.2 Å². The first kappa shape index (κ1) is 50.4. The average molecular weight is 968 g/mol. The number of piperazine rings is 1. The van der Waals surface area contributed by atoms with Gasteiger partial charge in [0.1, 0.15) is 17.2 Å². The molecule has 6 heterocycles. The number of cyclic esters (lactones) is 1. The van der Waals surface area contributed by atoms with Gasteiger partial charge in [-0.15, -0.1) is 11.3 Å². The SMILES string of the molecule is C=CC(=O)N1CCN(C(=O)N(C)[C@H](C(=O)N[C@H]2Cc3nc(cs3)-c3ccc4c(c3)c(c(-c3cccnc3[C@H](C)OC)n4CC)CC(C)(C)COC(=O)[C@@]3([SiH3])CCCN(N3)C2=O)C(C)C)C[C@@H]1CC. The summed E-state index contributed by atoms with van der Waals surface area (Å²) < 4.78 is 14.4. The minimum Gasteiger partial charge on any atom is -0.464 e. The number of nitrogens with one attached hydrogen (secondary N) is 2. The van der Waals surface area contributed by atoms with Crippen LogP contribution in [0.1, 0.15) is 90.1 Å². The van der Waals surface area contributed by atoms with E-state index in [1.165, 1.54) is 27.3 Å². The molecule has 366 valence electrons. The Balaban J connectivity index is 1.27. The number of amides is 5. The van der Waals surface area contributed by atoms with Crippen molar-refractivity contribution >= 4 is 62.2 Å². The first-order valence-electron chi connectivity index (χ1n) is 23.9. The average Bonchev–Trinajstić information content (AvgIpc) is 3.92. The van der Waals surface area contributed by atoms with E-state index >= 15 is 0 Å². The maximum absolute atomic E-state index is 14.8. The first-order valence-corrected chi connectivity index (χ1v) is 25.8. The number of ether oxygens (including phenoxy) is 2. The zero-order valence-corrected chi connectivity index (χ0v) is 44.2. The Morgan fingerprint density at radius 2 is 1.91 bits per heavy atom. The molecule has 4 aromatic rings. The number of thiazole rings is 1. The predicted molar refractivity (Wildman–Crippen MR) is 268 cm³/mol. The van der Waals surface area contributed by atoms with E-state index in [-0.39, 0.29) is 43.0 Å². The first-order chi connectivity index (χ1) is 32.3. The molecule has 3 aliphatic heterocycles. The van der Waals surface area contributed by atoms with Crippen molar-refractivity contribution in [3.8, 4) is 22.5 Å². The second-order valence-electron chi connectivity index (χ2n) is 19.8. The lowest BCUT2D eigenvalue weighted by Gasteiger charge is -2.43. The number of carbonyl (C=O) groups excluding carboxylic acids is 5. The summed E-state index contributed by atoms with van der Waals surface area (Å²) in [6.45, 7) is 19.8. The fourth-order valence-electron chi connectivity index (χ4n) is 10.1. The van der Waals surface area contributed by atoms with Gasteiger partial charge in [-0.2, -0.15) is 0 Å². The van der Waals surface area contributed by atoms with Crippen LogP contribution in [0, 0.1) is 11.3 Å². The Hall–Kier alpha value is -5.43. The number of urea groups is 1. The lowest BCUT2D eigenvalue weighted by atomic mass is 9.84. The molecule has 5 atom stereocenters. The molecule has 0 radical (unpaired) electrons. The summed E-state index contributed by atoms with van der Waals surface area (Å²) in [5, 5.41) is 7.10. The normalized spacial score (nSPS) is 22.1. The molecule has 16 nitrogen and oxygen atoms in total. The minimum absolute atomic E-state index is 0.0749. The van der Waals surface area contributed by atoms with Crippen LogP contribution >= 0.6 is 11.3 Å². The second-order valence-corrected chi connectivity index (χ2v) is 22.4. The van der Waals surface area contributed by atoms with Crippen LogP contribution in [0.15, 0.2) is 54.6 Å². The quantitative estimate of drug-likeness (QED) is 0.124. The van der Waals surface area contributed by atoms with E-state index < -0.39 is 40.4 Å². The lowest BCUT2D eigenvalue weighted by molar-refractivity contribution is -0.158. The molecule has 1 aromatic carbocycles. The van der Waals surface area contributed by atoms with Crippen LogP contribution in [0.4, 0.5) is 4.79 Å². The van der Waals surface area contributed by atoms with Gasteiger partial charge in [-0.25, -0.2) is 15.2 Å². The molecule has 0 aliphatic carbocycles. The van der Waals surface area contributed by atoms with E-state index in [0.717, 1.165) is 44.7 Å². The summed E-state index contributed by atoms with van der Waals surface area (Å²) in [5.74, 6) is -1.81. The number of rotatable bonds is 10. The summed E-state index contributed by atoms with van der Waals surface area (Å²) in [4.78, 5) is 85.2. The van der Waals surface area contributed by atoms with Crippen molar-refractivity contribution in [3.63, 3.8) is 0 Å². The Labute approximate surface area is 407 Å². The van der Waals surface area contributed by atoms with Crippen LogP contribution in [0.3, 0.4) is 0 Å². The molecule has 6 bridgehead atoms. The number of hydrogen-bond acceptors (Lipinski definition) is 11. The van der Waals surface area contributed by atoms with Gasteiger partial charge in [0.05, 0.1) is 34.8 Å². The van der Waals surface area contributed by atoms with Crippen molar-refractivity contribution in [2.24, 2.45) is 11.3 Å². The molecule has 2 N–H and O–H groups in total. The molecule has 5 amide bonds. The van der Waals surface area contributed by atoms with Crippen LogP contribution in [-0.2, 0) is 48.0 Å². The van der Waals surface area contributed by atoms with E-state index in [2.05, 4.69) is 66.9 Å². The standard InChI is InChI=1S/C50H69N9O7SSi/c1-11-33-27-56(22-23-58(33)41(60)12-2)48(64)55(9)43(30(4)5)45(61)53-37-25-40-52-38(28-67-40)32-17-18-39-35(24-32)36(44(57(39)13-3)34-16-14-20-51-42(34)31(6)65-10)26-49(7,8)29-66-47(63)50(68)19-15-21-59(54-50)46(37)62/h12,14,16-18,20,24,28,30-31,33,37,43,54H,2,11,13,15,19,21-23,25-27,29H2,1,3-10,68H3,(H,53,61)/t31-,33-,37-,43-,50-/m0/s1. The lowest BCUT2D eigenvalue weighted by Crippen LogP contribution is -2.68. The Kier molecular flexibility index (Phi) is 15.3. The molecule has 3 aliphatic rings. The van der Waals surface area contributed by atoms with Crippen LogP contribution in [0.5, 0.6) is 0 Å². The molecule has 7 rings (SSSR count). The molecule has 2 fully saturated rings. The molecule has 0 saturated carbocycles. The van der Waals surface area contributed by atoms with E-state index in [0.29, 0.717) is 73.7 Å². The summed E-state index contributed by atoms with van der Waals surface area (Å²) in [6.07, 6.45) is 5.17. The molecule has 0 unspecified atom stereocenters. The highest BCUT2D eigenvalue weighted by atomic mass is 32.1. The number of likely N-dealkylation sites (N-methyl/N-ethyl adjacent to an activating group) is 1. The number of pyridine rings is 1. The van der Waals surface area contributed by atoms with Crippen molar-refractivity contribution in [1.29, 1.82) is 0 Å². The molecule has 18 heteroatoms. The number of hydrazine groups is 1. The van der Waals surface area contributed by atoms with Gasteiger partial charge >= 0.3 is 12.0 Å². The number of nitrogens with zero attached hydrogens (tertiary/aromatic N) is 7.